The number of hydrogen-bond acceptors (Lipinski definition) is 4. The molecule has 2 fully saturated rings. The molecule has 0 spiro atoms. The average molecular weight is 284 g/mol. The predicted molar refractivity (Wildman–Crippen MR) is 73.2 cm³/mol. The van der Waals surface area contributed by atoms with Crippen LogP contribution in [0.15, 0.2) is 0 Å². The molecule has 2 aliphatic heterocycles. The van der Waals surface area contributed by atoms with Crippen molar-refractivity contribution in [3.63, 3.8) is 0 Å². The summed E-state index contributed by atoms with van der Waals surface area (Å²) >= 11 is 0. The van der Waals surface area contributed by atoms with Crippen molar-refractivity contribution in [3.05, 3.63) is 0 Å². The lowest BCUT2D eigenvalue weighted by Gasteiger charge is -2.38. The van der Waals surface area contributed by atoms with E-state index in [1.54, 1.807) is 16.9 Å². The van der Waals surface area contributed by atoms with Crippen LogP contribution in [-0.4, -0.2) is 74.2 Å². The van der Waals surface area contributed by atoms with Crippen LogP contribution in [0.2, 0.25) is 0 Å². The first-order chi connectivity index (χ1) is 9.63. The van der Waals surface area contributed by atoms with Gasteiger partial charge in [-0.15, -0.1) is 0 Å². The molecule has 20 heavy (non-hydrogen) atoms. The van der Waals surface area contributed by atoms with Gasteiger partial charge in [0.15, 0.2) is 0 Å². The molecule has 114 valence electrons. The average Bonchev–Trinajstić information content (AvgIpc) is 2.46. The lowest BCUT2D eigenvalue weighted by Crippen LogP contribution is -2.55. The number of methoxy groups -OCH3 is 1. The second kappa shape index (κ2) is 7.04. The Labute approximate surface area is 120 Å². The van der Waals surface area contributed by atoms with Crippen LogP contribution < -0.4 is 0 Å². The van der Waals surface area contributed by atoms with E-state index in [9.17, 15) is 9.59 Å². The van der Waals surface area contributed by atoms with Gasteiger partial charge in [-0.05, 0) is 19.8 Å². The lowest BCUT2D eigenvalue weighted by molar-refractivity contribution is -0.153. The summed E-state index contributed by atoms with van der Waals surface area (Å²) in [5.41, 5.74) is 0. The third-order valence-electron chi connectivity index (χ3n) is 4.12. The van der Waals surface area contributed by atoms with Gasteiger partial charge in [0.2, 0.25) is 11.8 Å². The summed E-state index contributed by atoms with van der Waals surface area (Å²) in [6.07, 6.45) is 1.73. The van der Waals surface area contributed by atoms with E-state index < -0.39 is 0 Å². The fourth-order valence-corrected chi connectivity index (χ4v) is 2.82. The van der Waals surface area contributed by atoms with Crippen molar-refractivity contribution >= 4 is 11.8 Å². The molecule has 0 aromatic rings. The largest absolute Gasteiger partial charge is 0.383 e. The van der Waals surface area contributed by atoms with E-state index in [0.29, 0.717) is 26.2 Å². The van der Waals surface area contributed by atoms with Crippen LogP contribution in [0, 0.1) is 5.92 Å². The normalized spacial score (nSPS) is 27.8. The Morgan fingerprint density at radius 3 is 2.90 bits per heavy atom. The third kappa shape index (κ3) is 3.49. The number of carbonyl (C=O) groups is 2. The molecule has 2 aliphatic rings. The molecule has 0 radical (unpaired) electrons. The zero-order chi connectivity index (χ0) is 14.5. The van der Waals surface area contributed by atoms with Crippen LogP contribution in [0.5, 0.6) is 0 Å². The number of nitrogens with zero attached hydrogens (tertiary/aromatic N) is 2. The maximum absolute atomic E-state index is 12.5. The Morgan fingerprint density at radius 1 is 1.45 bits per heavy atom. The highest BCUT2D eigenvalue weighted by Gasteiger charge is 2.35. The van der Waals surface area contributed by atoms with Crippen LogP contribution in [0.1, 0.15) is 19.8 Å². The quantitative estimate of drug-likeness (QED) is 0.736. The molecule has 2 saturated heterocycles. The topological polar surface area (TPSA) is 59.1 Å². The van der Waals surface area contributed by atoms with Gasteiger partial charge in [-0.3, -0.25) is 9.59 Å². The van der Waals surface area contributed by atoms with Crippen molar-refractivity contribution in [2.75, 3.05) is 46.5 Å². The van der Waals surface area contributed by atoms with E-state index in [0.717, 1.165) is 19.4 Å². The molecule has 0 N–H and O–H groups in total. The van der Waals surface area contributed by atoms with E-state index in [2.05, 4.69) is 0 Å². The van der Waals surface area contributed by atoms with Crippen LogP contribution >= 0.6 is 0 Å². The third-order valence-corrected chi connectivity index (χ3v) is 4.12. The fraction of sp³-hybridized carbons (Fsp3) is 0.857. The van der Waals surface area contributed by atoms with Gasteiger partial charge in [-0.1, -0.05) is 0 Å². The summed E-state index contributed by atoms with van der Waals surface area (Å²) in [4.78, 5) is 27.9. The van der Waals surface area contributed by atoms with Gasteiger partial charge < -0.3 is 19.3 Å². The van der Waals surface area contributed by atoms with E-state index in [-0.39, 0.29) is 30.4 Å². The molecule has 0 aliphatic carbocycles. The number of hydrogen-bond donors (Lipinski definition) is 0. The van der Waals surface area contributed by atoms with Crippen molar-refractivity contribution in [1.29, 1.82) is 0 Å². The summed E-state index contributed by atoms with van der Waals surface area (Å²) in [6, 6.07) is 0. The Bertz CT molecular complexity index is 361. The maximum Gasteiger partial charge on any atom is 0.242 e. The van der Waals surface area contributed by atoms with Crippen molar-refractivity contribution in [2.45, 2.75) is 25.9 Å². The van der Waals surface area contributed by atoms with Gasteiger partial charge in [0.05, 0.1) is 25.2 Å². The van der Waals surface area contributed by atoms with Crippen LogP contribution in [0.3, 0.4) is 0 Å². The van der Waals surface area contributed by atoms with Crippen molar-refractivity contribution in [3.8, 4) is 0 Å². The minimum Gasteiger partial charge on any atom is -0.383 e. The molecule has 0 saturated carbocycles. The molecular weight excluding hydrogens is 260 g/mol. The molecule has 2 amide bonds. The Morgan fingerprint density at radius 2 is 2.25 bits per heavy atom. The van der Waals surface area contributed by atoms with Crippen LogP contribution in [0.25, 0.3) is 0 Å². The van der Waals surface area contributed by atoms with E-state index in [4.69, 9.17) is 9.47 Å². The molecule has 2 atom stereocenters. The first-order valence-corrected chi connectivity index (χ1v) is 7.30. The Kier molecular flexibility index (Phi) is 5.37. The van der Waals surface area contributed by atoms with Gasteiger partial charge in [-0.25, -0.2) is 0 Å². The summed E-state index contributed by atoms with van der Waals surface area (Å²) in [5.74, 6) is -0.0231. The molecule has 0 aromatic heterocycles. The summed E-state index contributed by atoms with van der Waals surface area (Å²) in [6.45, 7) is 5.19. The Balaban J connectivity index is 1.88. The monoisotopic (exact) mass is 284 g/mol. The SMILES string of the molecule is COCCN1CCN(C(=O)C2CCCOC2C)CC1=O. The highest BCUT2D eigenvalue weighted by molar-refractivity contribution is 5.87. The van der Waals surface area contributed by atoms with Crippen molar-refractivity contribution in [1.82, 2.24) is 9.80 Å². The van der Waals surface area contributed by atoms with E-state index in [1.165, 1.54) is 0 Å². The van der Waals surface area contributed by atoms with Crippen LogP contribution in [-0.2, 0) is 19.1 Å². The smallest absolute Gasteiger partial charge is 0.242 e. The molecule has 0 bridgehead atoms. The summed E-state index contributed by atoms with van der Waals surface area (Å²) in [7, 11) is 1.62. The fourth-order valence-electron chi connectivity index (χ4n) is 2.82. The molecule has 2 heterocycles. The van der Waals surface area contributed by atoms with Crippen molar-refractivity contribution < 1.29 is 19.1 Å². The maximum atomic E-state index is 12.5. The second-order valence-corrected chi connectivity index (χ2v) is 5.46. The highest BCUT2D eigenvalue weighted by atomic mass is 16.5. The Hall–Kier alpha value is -1.14. The molecule has 6 nitrogen and oxygen atoms in total. The molecule has 2 unspecified atom stereocenters. The molecule has 2 rings (SSSR count). The lowest BCUT2D eigenvalue weighted by atomic mass is 9.93. The first-order valence-electron chi connectivity index (χ1n) is 7.30. The minimum absolute atomic E-state index is 0.00558. The number of ether oxygens (including phenoxy) is 2. The predicted octanol–water partition coefficient (Wildman–Crippen LogP) is 0.119. The zero-order valence-electron chi connectivity index (χ0n) is 12.3. The first kappa shape index (κ1) is 15.3. The van der Waals surface area contributed by atoms with E-state index >= 15 is 0 Å². The van der Waals surface area contributed by atoms with Gasteiger partial charge in [-0.2, -0.15) is 0 Å². The molecule has 0 aromatic carbocycles. The van der Waals surface area contributed by atoms with Crippen molar-refractivity contribution in [2.24, 2.45) is 5.92 Å². The summed E-state index contributed by atoms with van der Waals surface area (Å²) in [5, 5.41) is 0. The highest BCUT2D eigenvalue weighted by Crippen LogP contribution is 2.23. The number of piperazine rings is 1. The number of carbonyl (C=O) groups excluding carboxylic acids is 2. The van der Waals surface area contributed by atoms with Gasteiger partial charge in [0, 0.05) is 33.4 Å². The molecular formula is C14H24N2O4. The minimum atomic E-state index is -0.0953. The zero-order valence-corrected chi connectivity index (χ0v) is 12.3. The number of amides is 2. The van der Waals surface area contributed by atoms with E-state index in [1.807, 2.05) is 6.92 Å². The number of rotatable bonds is 4. The van der Waals surface area contributed by atoms with Gasteiger partial charge in [0.1, 0.15) is 0 Å². The summed E-state index contributed by atoms with van der Waals surface area (Å²) < 4.78 is 10.5. The van der Waals surface area contributed by atoms with Gasteiger partial charge in [0.25, 0.3) is 0 Å². The van der Waals surface area contributed by atoms with Gasteiger partial charge >= 0.3 is 0 Å². The standard InChI is InChI=1S/C14H24N2O4/c1-11-12(4-3-8-20-11)14(18)16-6-5-15(7-9-19-2)13(17)10-16/h11-12H,3-10H2,1-2H3. The van der Waals surface area contributed by atoms with Crippen LogP contribution in [0.4, 0.5) is 0 Å². The molecule has 6 heteroatoms. The second-order valence-electron chi connectivity index (χ2n) is 5.46.